The Morgan fingerprint density at radius 3 is 0.855 bits per heavy atom. The minimum atomic E-state index is -0.225. The quantitative estimate of drug-likeness (QED) is 0.0189. The zero-order chi connectivity index (χ0) is 53.6. The molecule has 4 aromatic carbocycles. The number of ether oxygens (including phenoxy) is 4. The summed E-state index contributed by atoms with van der Waals surface area (Å²) < 4.78 is 23.1. The smallest absolute Gasteiger partial charge is 0.311 e. The van der Waals surface area contributed by atoms with Crippen molar-refractivity contribution in [2.75, 3.05) is 13.2 Å². The summed E-state index contributed by atoms with van der Waals surface area (Å²) in [6, 6.07) is 30.6. The summed E-state index contributed by atoms with van der Waals surface area (Å²) in [6.45, 7) is 6.07. The Morgan fingerprint density at radius 2 is 0.566 bits per heavy atom. The van der Waals surface area contributed by atoms with E-state index < -0.39 is 0 Å². The standard InChI is InChI=1S/C68H100N2O6/c1-3-5-7-9-11-13-15-17-19-21-23-27-31-35-55-73-63-51-43-61(44-52-63)69-57-59-39-47-65(48-40-59)75-67(71)37-33-29-25-26-30-34-38-68(72)76-66-49-41-60(42-50-66)58-70-62-45-53-64(54-46-62)74-56-36-32-28-24-22-20-18-16-14-12-10-8-6-4-2/h39-54,57-58H,3-38,55-56H2,1-2H3. The van der Waals surface area contributed by atoms with E-state index in [1.165, 1.54) is 167 Å². The van der Waals surface area contributed by atoms with Gasteiger partial charge in [0.05, 0.1) is 24.6 Å². The second kappa shape index (κ2) is 43.8. The molecule has 8 nitrogen and oxygen atoms in total. The van der Waals surface area contributed by atoms with Crippen LogP contribution in [0.15, 0.2) is 107 Å². The normalized spacial score (nSPS) is 11.4. The number of hydrogen-bond donors (Lipinski definition) is 0. The first-order valence-corrected chi connectivity index (χ1v) is 30.7. The largest absolute Gasteiger partial charge is 0.494 e. The summed E-state index contributed by atoms with van der Waals surface area (Å²) >= 11 is 0. The maximum absolute atomic E-state index is 12.5. The van der Waals surface area contributed by atoms with E-state index >= 15 is 0 Å². The van der Waals surface area contributed by atoms with Crippen molar-refractivity contribution < 1.29 is 28.5 Å². The first-order chi connectivity index (χ1) is 37.5. The van der Waals surface area contributed by atoms with Gasteiger partial charge >= 0.3 is 11.9 Å². The van der Waals surface area contributed by atoms with E-state index in [0.29, 0.717) is 24.3 Å². The van der Waals surface area contributed by atoms with Gasteiger partial charge in [-0.1, -0.05) is 206 Å². The highest BCUT2D eigenvalue weighted by Crippen LogP contribution is 2.23. The van der Waals surface area contributed by atoms with Gasteiger partial charge in [-0.2, -0.15) is 0 Å². The van der Waals surface area contributed by atoms with Gasteiger partial charge in [0.1, 0.15) is 23.0 Å². The number of carbonyl (C=O) groups excluding carboxylic acids is 2. The van der Waals surface area contributed by atoms with Crippen molar-refractivity contribution in [1.82, 2.24) is 0 Å². The SMILES string of the molecule is CCCCCCCCCCCCCCCCOc1ccc(N=Cc2ccc(OC(=O)CCCCCCCCC(=O)Oc3ccc(C=Nc4ccc(OCCCCCCCCCCCCCCCC)cc4)cc3)cc2)cc1. The van der Waals surface area contributed by atoms with Crippen LogP contribution in [0.3, 0.4) is 0 Å². The van der Waals surface area contributed by atoms with Crippen molar-refractivity contribution in [1.29, 1.82) is 0 Å². The number of nitrogens with zero attached hydrogens (tertiary/aromatic N) is 2. The molecule has 0 radical (unpaired) electrons. The number of hydrogen-bond acceptors (Lipinski definition) is 8. The molecule has 8 heteroatoms. The molecule has 0 fully saturated rings. The average Bonchev–Trinajstić information content (AvgIpc) is 3.44. The van der Waals surface area contributed by atoms with E-state index in [4.69, 9.17) is 18.9 Å². The van der Waals surface area contributed by atoms with Gasteiger partial charge in [-0.25, -0.2) is 0 Å². The number of aliphatic imine (C=N–C) groups is 2. The fraction of sp³-hybridized carbons (Fsp3) is 0.588. The third-order valence-corrected chi connectivity index (χ3v) is 14.2. The number of carbonyl (C=O) groups is 2. The third-order valence-electron chi connectivity index (χ3n) is 14.2. The first kappa shape index (κ1) is 63.3. The molecule has 4 aromatic rings. The highest BCUT2D eigenvalue weighted by molar-refractivity contribution is 5.83. The van der Waals surface area contributed by atoms with Gasteiger partial charge < -0.3 is 18.9 Å². The van der Waals surface area contributed by atoms with Gasteiger partial charge in [0.25, 0.3) is 0 Å². The van der Waals surface area contributed by atoms with E-state index in [-0.39, 0.29) is 11.9 Å². The Labute approximate surface area is 461 Å². The molecule has 0 spiro atoms. The molecule has 0 aliphatic heterocycles. The predicted octanol–water partition coefficient (Wildman–Crippen LogP) is 20.5. The molecule has 0 unspecified atom stereocenters. The van der Waals surface area contributed by atoms with Crippen LogP contribution >= 0.6 is 0 Å². The summed E-state index contributed by atoms with van der Waals surface area (Å²) in [7, 11) is 0. The molecule has 0 saturated heterocycles. The van der Waals surface area contributed by atoms with Crippen molar-refractivity contribution in [3.8, 4) is 23.0 Å². The second-order valence-corrected chi connectivity index (χ2v) is 21.1. The lowest BCUT2D eigenvalue weighted by atomic mass is 10.0. The summed E-state index contributed by atoms with van der Waals surface area (Å²) in [4.78, 5) is 34.2. The van der Waals surface area contributed by atoms with Gasteiger partial charge in [-0.05, 0) is 134 Å². The van der Waals surface area contributed by atoms with Gasteiger partial charge in [-0.3, -0.25) is 19.6 Å². The summed E-state index contributed by atoms with van der Waals surface area (Å²) in [5.74, 6) is 2.38. The maximum Gasteiger partial charge on any atom is 0.311 e. The van der Waals surface area contributed by atoms with Crippen molar-refractivity contribution in [2.24, 2.45) is 9.98 Å². The van der Waals surface area contributed by atoms with Crippen LogP contribution < -0.4 is 18.9 Å². The molecule has 0 aliphatic rings. The first-order valence-electron chi connectivity index (χ1n) is 30.7. The summed E-state index contributed by atoms with van der Waals surface area (Å²) in [5, 5.41) is 0. The molecular formula is C68H100N2O6. The number of unbranched alkanes of at least 4 members (excludes halogenated alkanes) is 31. The molecule has 0 heterocycles. The zero-order valence-electron chi connectivity index (χ0n) is 47.6. The lowest BCUT2D eigenvalue weighted by molar-refractivity contribution is -0.135. The maximum atomic E-state index is 12.5. The lowest BCUT2D eigenvalue weighted by Gasteiger charge is -2.07. The molecule has 0 bridgehead atoms. The van der Waals surface area contributed by atoms with Gasteiger partial charge in [-0.15, -0.1) is 0 Å². The highest BCUT2D eigenvalue weighted by atomic mass is 16.5. The molecule has 0 atom stereocenters. The van der Waals surface area contributed by atoms with Crippen LogP contribution in [0.25, 0.3) is 0 Å². The minimum absolute atomic E-state index is 0.225. The number of rotatable bonds is 47. The molecular weight excluding hydrogens is 941 g/mol. The van der Waals surface area contributed by atoms with Crippen molar-refractivity contribution >= 4 is 35.7 Å². The monoisotopic (exact) mass is 1040 g/mol. The molecule has 0 aromatic heterocycles. The van der Waals surface area contributed by atoms with Gasteiger partial charge in [0, 0.05) is 25.3 Å². The van der Waals surface area contributed by atoms with Gasteiger partial charge in [0.15, 0.2) is 0 Å². The van der Waals surface area contributed by atoms with Crippen LogP contribution in [0.1, 0.15) is 256 Å². The van der Waals surface area contributed by atoms with Crippen LogP contribution in [0, 0.1) is 0 Å². The highest BCUT2D eigenvalue weighted by Gasteiger charge is 2.08. The van der Waals surface area contributed by atoms with Gasteiger partial charge in [0.2, 0.25) is 0 Å². The summed E-state index contributed by atoms with van der Waals surface area (Å²) in [6.07, 6.45) is 47.7. The molecule has 0 saturated carbocycles. The van der Waals surface area contributed by atoms with E-state index in [1.807, 2.05) is 85.2 Å². The fourth-order valence-corrected chi connectivity index (χ4v) is 9.38. The Bertz CT molecular complexity index is 1930. The Kier molecular flexibility index (Phi) is 36.5. The van der Waals surface area contributed by atoms with Crippen LogP contribution in [0.2, 0.25) is 0 Å². The molecule has 76 heavy (non-hydrogen) atoms. The molecule has 418 valence electrons. The van der Waals surface area contributed by atoms with Crippen molar-refractivity contribution in [3.05, 3.63) is 108 Å². The van der Waals surface area contributed by atoms with Crippen LogP contribution in [-0.4, -0.2) is 37.6 Å². The van der Waals surface area contributed by atoms with E-state index in [2.05, 4.69) is 23.8 Å². The van der Waals surface area contributed by atoms with Crippen LogP contribution in [-0.2, 0) is 9.59 Å². The Hall–Kier alpha value is -5.24. The zero-order valence-corrected chi connectivity index (χ0v) is 47.6. The predicted molar refractivity (Wildman–Crippen MR) is 320 cm³/mol. The Balaban J connectivity index is 0.934. The number of benzene rings is 4. The molecule has 4 rings (SSSR count). The fourth-order valence-electron chi connectivity index (χ4n) is 9.38. The number of esters is 2. The minimum Gasteiger partial charge on any atom is -0.494 e. The van der Waals surface area contributed by atoms with Crippen LogP contribution in [0.4, 0.5) is 11.4 Å². The molecule has 0 N–H and O–H groups in total. The summed E-state index contributed by atoms with van der Waals surface area (Å²) in [5.41, 5.74) is 3.57. The van der Waals surface area contributed by atoms with Crippen LogP contribution in [0.5, 0.6) is 23.0 Å². The van der Waals surface area contributed by atoms with E-state index in [0.717, 1.165) is 98.6 Å². The van der Waals surface area contributed by atoms with E-state index in [1.54, 1.807) is 24.3 Å². The topological polar surface area (TPSA) is 95.8 Å². The van der Waals surface area contributed by atoms with Crippen molar-refractivity contribution in [3.63, 3.8) is 0 Å². The third kappa shape index (κ3) is 33.0. The second-order valence-electron chi connectivity index (χ2n) is 21.1. The lowest BCUT2D eigenvalue weighted by Crippen LogP contribution is -2.07. The van der Waals surface area contributed by atoms with Crippen molar-refractivity contribution in [2.45, 2.75) is 245 Å². The molecule has 0 amide bonds. The van der Waals surface area contributed by atoms with E-state index in [9.17, 15) is 9.59 Å². The Morgan fingerprint density at radius 1 is 0.316 bits per heavy atom. The molecule has 0 aliphatic carbocycles. The average molecular weight is 1040 g/mol.